The zero-order chi connectivity index (χ0) is 22.6. The topological polar surface area (TPSA) is 55.0 Å². The fourth-order valence-corrected chi connectivity index (χ4v) is 4.40. The van der Waals surface area contributed by atoms with Gasteiger partial charge < -0.3 is 0 Å². The van der Waals surface area contributed by atoms with Crippen LogP contribution in [0.15, 0.2) is 73.2 Å². The van der Waals surface area contributed by atoms with E-state index in [4.69, 9.17) is 17.3 Å². The van der Waals surface area contributed by atoms with Crippen LogP contribution in [0.4, 0.5) is 0 Å². The molecule has 1 aliphatic rings. The van der Waals surface area contributed by atoms with Crippen LogP contribution in [0.25, 0.3) is 17.1 Å². The van der Waals surface area contributed by atoms with Crippen molar-refractivity contribution in [3.05, 3.63) is 89.2 Å². The molecule has 8 heteroatoms. The summed E-state index contributed by atoms with van der Waals surface area (Å²) in [6.07, 6.45) is 5.44. The predicted octanol–water partition coefficient (Wildman–Crippen LogP) is 3.94. The second kappa shape index (κ2) is 9.74. The van der Waals surface area contributed by atoms with E-state index in [1.165, 1.54) is 5.56 Å². The summed E-state index contributed by atoms with van der Waals surface area (Å²) in [7, 11) is 0. The summed E-state index contributed by atoms with van der Waals surface area (Å²) in [4.78, 5) is 13.5. The molecule has 4 aromatic rings. The second-order valence-electron chi connectivity index (χ2n) is 8.37. The Balaban J connectivity index is 1.36. The quantitative estimate of drug-likeness (QED) is 0.409. The molecular formula is C25H27N7S. The zero-order valence-corrected chi connectivity index (χ0v) is 19.5. The second-order valence-corrected chi connectivity index (χ2v) is 8.73. The number of nitrogens with zero attached hydrogens (tertiary/aromatic N) is 7. The summed E-state index contributed by atoms with van der Waals surface area (Å²) in [6, 6.07) is 18.4. The fourth-order valence-electron chi connectivity index (χ4n) is 4.11. The summed E-state index contributed by atoms with van der Waals surface area (Å²) in [6.45, 7) is 7.59. The van der Waals surface area contributed by atoms with E-state index in [9.17, 15) is 0 Å². The zero-order valence-electron chi connectivity index (χ0n) is 18.7. The molecule has 0 amide bonds. The van der Waals surface area contributed by atoms with Gasteiger partial charge in [0.15, 0.2) is 5.82 Å². The largest absolute Gasteiger partial charge is 0.295 e. The van der Waals surface area contributed by atoms with Crippen molar-refractivity contribution in [1.29, 1.82) is 0 Å². The molecule has 33 heavy (non-hydrogen) atoms. The highest BCUT2D eigenvalue weighted by molar-refractivity contribution is 7.71. The van der Waals surface area contributed by atoms with Crippen molar-refractivity contribution in [3.63, 3.8) is 0 Å². The third-order valence-corrected chi connectivity index (χ3v) is 6.37. The lowest BCUT2D eigenvalue weighted by molar-refractivity contribution is 0.0974. The number of pyridine rings is 2. The molecule has 1 saturated heterocycles. The predicted molar refractivity (Wildman–Crippen MR) is 131 cm³/mol. The van der Waals surface area contributed by atoms with E-state index in [1.807, 2.05) is 35.1 Å². The maximum absolute atomic E-state index is 5.91. The molecule has 1 aromatic carbocycles. The lowest BCUT2D eigenvalue weighted by Crippen LogP contribution is -2.46. The number of piperazine rings is 1. The van der Waals surface area contributed by atoms with Gasteiger partial charge in [-0.3, -0.25) is 24.3 Å². The minimum atomic E-state index is 0.674. The first-order valence-corrected chi connectivity index (χ1v) is 11.6. The highest BCUT2D eigenvalue weighted by Gasteiger charge is 2.20. The first kappa shape index (κ1) is 21.6. The summed E-state index contributed by atoms with van der Waals surface area (Å²) >= 11 is 5.91. The highest BCUT2D eigenvalue weighted by atomic mass is 32.1. The molecule has 0 saturated carbocycles. The van der Waals surface area contributed by atoms with E-state index >= 15 is 0 Å². The van der Waals surface area contributed by atoms with Gasteiger partial charge in [0.25, 0.3) is 0 Å². The first-order chi connectivity index (χ1) is 16.2. The molecule has 7 nitrogen and oxygen atoms in total. The van der Waals surface area contributed by atoms with Crippen molar-refractivity contribution in [2.24, 2.45) is 0 Å². The van der Waals surface area contributed by atoms with Crippen LogP contribution in [0.1, 0.15) is 11.3 Å². The van der Waals surface area contributed by atoms with Gasteiger partial charge in [0.1, 0.15) is 0 Å². The van der Waals surface area contributed by atoms with Gasteiger partial charge in [-0.05, 0) is 55.5 Å². The van der Waals surface area contributed by atoms with Crippen LogP contribution in [-0.2, 0) is 13.2 Å². The first-order valence-electron chi connectivity index (χ1n) is 11.2. The summed E-state index contributed by atoms with van der Waals surface area (Å²) in [5, 5.41) is 4.94. The Labute approximate surface area is 199 Å². The Morgan fingerprint density at radius 2 is 1.58 bits per heavy atom. The summed E-state index contributed by atoms with van der Waals surface area (Å²) < 4.78 is 4.70. The number of hydrogen-bond donors (Lipinski definition) is 0. The van der Waals surface area contributed by atoms with E-state index in [2.05, 4.69) is 61.6 Å². The van der Waals surface area contributed by atoms with Crippen LogP contribution >= 0.6 is 12.2 Å². The Morgan fingerprint density at radius 1 is 0.848 bits per heavy atom. The summed E-state index contributed by atoms with van der Waals surface area (Å²) in [5.41, 5.74) is 4.35. The van der Waals surface area contributed by atoms with Crippen molar-refractivity contribution in [2.75, 3.05) is 26.2 Å². The van der Waals surface area contributed by atoms with Gasteiger partial charge in [0.2, 0.25) is 4.77 Å². The van der Waals surface area contributed by atoms with Gasteiger partial charge in [-0.2, -0.15) is 0 Å². The van der Waals surface area contributed by atoms with Crippen molar-refractivity contribution in [1.82, 2.24) is 34.1 Å². The average Bonchev–Trinajstić information content (AvgIpc) is 3.18. The molecule has 0 aliphatic carbocycles. The summed E-state index contributed by atoms with van der Waals surface area (Å²) in [5.74, 6) is 0.833. The molecular weight excluding hydrogens is 430 g/mol. The molecule has 5 rings (SSSR count). The third-order valence-electron chi connectivity index (χ3n) is 5.98. The number of aromatic nitrogens is 5. The van der Waals surface area contributed by atoms with Gasteiger partial charge in [-0.1, -0.05) is 23.8 Å². The van der Waals surface area contributed by atoms with E-state index in [1.54, 1.807) is 12.4 Å². The molecule has 0 N–H and O–H groups in total. The molecule has 3 aromatic heterocycles. The molecule has 0 bridgehead atoms. The van der Waals surface area contributed by atoms with E-state index in [0.717, 1.165) is 55.5 Å². The molecule has 1 aliphatic heterocycles. The molecule has 0 spiro atoms. The Hall–Kier alpha value is -3.20. The maximum atomic E-state index is 5.91. The van der Waals surface area contributed by atoms with Crippen LogP contribution in [0, 0.1) is 11.7 Å². The third kappa shape index (κ3) is 4.93. The van der Waals surface area contributed by atoms with Gasteiger partial charge in [0, 0.05) is 62.6 Å². The van der Waals surface area contributed by atoms with Crippen LogP contribution in [0.2, 0.25) is 0 Å². The number of aryl methyl sites for hydroxylation is 1. The Morgan fingerprint density at radius 3 is 2.27 bits per heavy atom. The molecule has 4 heterocycles. The smallest absolute Gasteiger partial charge is 0.204 e. The van der Waals surface area contributed by atoms with E-state index in [0.29, 0.717) is 11.4 Å². The molecule has 0 radical (unpaired) electrons. The van der Waals surface area contributed by atoms with Gasteiger partial charge >= 0.3 is 0 Å². The van der Waals surface area contributed by atoms with Crippen LogP contribution < -0.4 is 0 Å². The van der Waals surface area contributed by atoms with Crippen LogP contribution in [-0.4, -0.2) is 60.3 Å². The van der Waals surface area contributed by atoms with Crippen molar-refractivity contribution in [3.8, 4) is 17.1 Å². The number of benzene rings is 1. The van der Waals surface area contributed by atoms with Crippen LogP contribution in [0.5, 0.6) is 0 Å². The van der Waals surface area contributed by atoms with Crippen LogP contribution in [0.3, 0.4) is 0 Å². The van der Waals surface area contributed by atoms with Gasteiger partial charge in [0.05, 0.1) is 12.4 Å². The van der Waals surface area contributed by atoms with Gasteiger partial charge in [-0.25, -0.2) is 4.68 Å². The SMILES string of the molecule is Cc1ccc(-n2c(-c3ccncc3)nn(CN3CCN(Cc4ccccn4)CC3)c2=S)cc1. The minimum absolute atomic E-state index is 0.674. The number of rotatable bonds is 6. The minimum Gasteiger partial charge on any atom is -0.295 e. The fraction of sp³-hybridized carbons (Fsp3) is 0.280. The molecule has 0 atom stereocenters. The molecule has 1 fully saturated rings. The lowest BCUT2D eigenvalue weighted by atomic mass is 10.2. The number of hydrogen-bond acceptors (Lipinski definition) is 6. The normalized spacial score (nSPS) is 15.1. The standard InChI is InChI=1S/C25H27N7S/c1-20-5-7-23(8-6-20)32-24(21-9-12-26-13-10-21)28-31(25(32)33)19-30-16-14-29(15-17-30)18-22-4-2-3-11-27-22/h2-13H,14-19H2,1H3. The maximum Gasteiger partial charge on any atom is 0.204 e. The Bertz CT molecular complexity index is 1240. The van der Waals surface area contributed by atoms with Crippen molar-refractivity contribution >= 4 is 12.2 Å². The molecule has 168 valence electrons. The van der Waals surface area contributed by atoms with E-state index < -0.39 is 0 Å². The monoisotopic (exact) mass is 457 g/mol. The lowest BCUT2D eigenvalue weighted by Gasteiger charge is -2.34. The van der Waals surface area contributed by atoms with Crippen molar-refractivity contribution in [2.45, 2.75) is 20.1 Å². The Kier molecular flexibility index (Phi) is 6.39. The molecule has 0 unspecified atom stereocenters. The van der Waals surface area contributed by atoms with Gasteiger partial charge in [-0.15, -0.1) is 5.10 Å². The average molecular weight is 458 g/mol. The van der Waals surface area contributed by atoms with E-state index in [-0.39, 0.29) is 0 Å². The highest BCUT2D eigenvalue weighted by Crippen LogP contribution is 2.23. The van der Waals surface area contributed by atoms with Crippen molar-refractivity contribution < 1.29 is 0 Å².